The van der Waals surface area contributed by atoms with Crippen LogP contribution in [0.4, 0.5) is 14.3 Å². The number of nitrogens with one attached hydrogen (secondary N) is 1. The molecular formula is C16H18FN3O2S. The summed E-state index contributed by atoms with van der Waals surface area (Å²) in [4.78, 5) is 18.3. The first-order valence-electron chi connectivity index (χ1n) is 7.46. The van der Waals surface area contributed by atoms with Crippen LogP contribution >= 0.6 is 11.3 Å². The van der Waals surface area contributed by atoms with E-state index >= 15 is 0 Å². The van der Waals surface area contributed by atoms with Crippen LogP contribution in [0, 0.1) is 12.7 Å². The lowest BCUT2D eigenvalue weighted by Gasteiger charge is -2.25. The Morgan fingerprint density at radius 3 is 2.74 bits per heavy atom. The molecule has 2 amide bonds. The molecule has 1 aromatic carbocycles. The highest BCUT2D eigenvalue weighted by molar-refractivity contribution is 7.13. The molecule has 1 saturated carbocycles. The molecule has 0 spiro atoms. The van der Waals surface area contributed by atoms with Gasteiger partial charge in [0.25, 0.3) is 0 Å². The summed E-state index contributed by atoms with van der Waals surface area (Å²) in [6.07, 6.45) is 1.01. The molecule has 0 saturated heterocycles. The zero-order valence-corrected chi connectivity index (χ0v) is 13.5. The van der Waals surface area contributed by atoms with E-state index in [0.29, 0.717) is 10.7 Å². The Bertz CT molecular complexity index is 685. The van der Waals surface area contributed by atoms with Crippen molar-refractivity contribution in [1.29, 1.82) is 0 Å². The average Bonchev–Trinajstić information content (AvgIpc) is 3.28. The molecule has 0 unspecified atom stereocenters. The smallest absolute Gasteiger partial charge is 0.323 e. The lowest BCUT2D eigenvalue weighted by atomic mass is 10.1. The van der Waals surface area contributed by atoms with Gasteiger partial charge in [0, 0.05) is 11.4 Å². The van der Waals surface area contributed by atoms with Crippen LogP contribution in [0.25, 0.3) is 0 Å². The van der Waals surface area contributed by atoms with Gasteiger partial charge in [-0.3, -0.25) is 5.32 Å². The Kier molecular flexibility index (Phi) is 4.58. The number of aromatic nitrogens is 1. The molecule has 7 heteroatoms. The number of carbonyl (C=O) groups is 1. The Morgan fingerprint density at radius 2 is 2.17 bits per heavy atom. The first kappa shape index (κ1) is 15.9. The van der Waals surface area contributed by atoms with Crippen LogP contribution in [0.5, 0.6) is 0 Å². The van der Waals surface area contributed by atoms with Gasteiger partial charge in [-0.1, -0.05) is 12.1 Å². The molecule has 1 aromatic heterocycles. The quantitative estimate of drug-likeness (QED) is 0.881. The predicted octanol–water partition coefficient (Wildman–Crippen LogP) is 3.32. The van der Waals surface area contributed by atoms with Crippen molar-refractivity contribution in [3.8, 4) is 0 Å². The van der Waals surface area contributed by atoms with Gasteiger partial charge in [-0.05, 0) is 37.5 Å². The molecule has 1 heterocycles. The Balaban J connectivity index is 1.66. The highest BCUT2D eigenvalue weighted by atomic mass is 32.1. The number of aliphatic hydroxyl groups is 1. The van der Waals surface area contributed by atoms with E-state index in [1.54, 1.807) is 4.90 Å². The van der Waals surface area contributed by atoms with Gasteiger partial charge in [-0.15, -0.1) is 11.3 Å². The number of amides is 2. The maximum Gasteiger partial charge on any atom is 0.323 e. The first-order valence-corrected chi connectivity index (χ1v) is 8.34. The van der Waals surface area contributed by atoms with Gasteiger partial charge >= 0.3 is 6.03 Å². The molecule has 2 aromatic rings. The third kappa shape index (κ3) is 4.05. The van der Waals surface area contributed by atoms with Gasteiger partial charge in [-0.2, -0.15) is 0 Å². The lowest BCUT2D eigenvalue weighted by molar-refractivity contribution is 0.123. The molecule has 2 N–H and O–H groups in total. The number of anilines is 1. The van der Waals surface area contributed by atoms with Crippen LogP contribution in [0.3, 0.4) is 0 Å². The van der Waals surface area contributed by atoms with E-state index in [1.165, 1.54) is 35.6 Å². The van der Waals surface area contributed by atoms with Crippen LogP contribution in [0.1, 0.15) is 30.2 Å². The summed E-state index contributed by atoms with van der Waals surface area (Å²) in [5, 5.41) is 15.5. The van der Waals surface area contributed by atoms with Crippen molar-refractivity contribution < 1.29 is 14.3 Å². The third-order valence-electron chi connectivity index (χ3n) is 3.71. The number of urea groups is 1. The molecule has 23 heavy (non-hydrogen) atoms. The molecule has 0 aliphatic heterocycles. The lowest BCUT2D eigenvalue weighted by Crippen LogP contribution is -2.39. The van der Waals surface area contributed by atoms with Gasteiger partial charge in [0.2, 0.25) is 0 Å². The predicted molar refractivity (Wildman–Crippen MR) is 87.0 cm³/mol. The second kappa shape index (κ2) is 6.64. The number of thiazole rings is 1. The number of aliphatic hydroxyl groups excluding tert-OH is 1. The van der Waals surface area contributed by atoms with Crippen molar-refractivity contribution in [2.45, 2.75) is 31.9 Å². The number of rotatable bonds is 5. The summed E-state index contributed by atoms with van der Waals surface area (Å²) in [7, 11) is 0. The van der Waals surface area contributed by atoms with Gasteiger partial charge in [0.15, 0.2) is 5.13 Å². The van der Waals surface area contributed by atoms with Gasteiger partial charge < -0.3 is 10.0 Å². The molecular weight excluding hydrogens is 317 g/mol. The highest BCUT2D eigenvalue weighted by Gasteiger charge is 2.34. The monoisotopic (exact) mass is 335 g/mol. The fraction of sp³-hybridized carbons (Fsp3) is 0.375. The molecule has 1 fully saturated rings. The molecule has 1 atom stereocenters. The Labute approximate surface area is 137 Å². The maximum absolute atomic E-state index is 13.0. The molecule has 0 radical (unpaired) electrons. The molecule has 1 aliphatic carbocycles. The number of hydrogen-bond donors (Lipinski definition) is 2. The van der Waals surface area contributed by atoms with Crippen LogP contribution in [-0.2, 0) is 0 Å². The molecule has 3 rings (SSSR count). The summed E-state index contributed by atoms with van der Waals surface area (Å²) in [5.41, 5.74) is 1.45. The maximum atomic E-state index is 13.0. The Morgan fingerprint density at radius 1 is 1.48 bits per heavy atom. The van der Waals surface area contributed by atoms with Gasteiger partial charge in [-0.25, -0.2) is 14.2 Å². The van der Waals surface area contributed by atoms with Crippen molar-refractivity contribution in [2.75, 3.05) is 11.9 Å². The molecule has 5 nitrogen and oxygen atoms in total. The van der Waals surface area contributed by atoms with Gasteiger partial charge in [0.1, 0.15) is 5.82 Å². The van der Waals surface area contributed by atoms with Crippen LogP contribution < -0.4 is 5.32 Å². The SMILES string of the molecule is Cc1csc(NC(=O)N(C[C@@H](O)c2ccc(F)cc2)C2CC2)n1. The summed E-state index contributed by atoms with van der Waals surface area (Å²) in [6.45, 7) is 2.04. The van der Waals surface area contributed by atoms with E-state index in [4.69, 9.17) is 0 Å². The van der Waals surface area contributed by atoms with Gasteiger partial charge in [0.05, 0.1) is 18.3 Å². The standard InChI is InChI=1S/C16H18FN3O2S/c1-10-9-23-15(18-10)19-16(22)20(13-6-7-13)8-14(21)11-2-4-12(17)5-3-11/h2-5,9,13-14,21H,6-8H2,1H3,(H,18,19,22)/t14-/m1/s1. The number of carbonyl (C=O) groups excluding carboxylic acids is 1. The second-order valence-electron chi connectivity index (χ2n) is 5.68. The number of aryl methyl sites for hydroxylation is 1. The number of benzene rings is 1. The topological polar surface area (TPSA) is 65.5 Å². The van der Waals surface area contributed by atoms with E-state index in [0.717, 1.165) is 18.5 Å². The largest absolute Gasteiger partial charge is 0.387 e. The molecule has 1 aliphatic rings. The fourth-order valence-corrected chi connectivity index (χ4v) is 3.01. The first-order chi connectivity index (χ1) is 11.0. The van der Waals surface area contributed by atoms with Crippen molar-refractivity contribution in [2.24, 2.45) is 0 Å². The van der Waals surface area contributed by atoms with E-state index in [-0.39, 0.29) is 24.4 Å². The van der Waals surface area contributed by atoms with Crippen LogP contribution in [0.15, 0.2) is 29.6 Å². The normalized spacial score (nSPS) is 15.3. The van der Waals surface area contributed by atoms with Crippen molar-refractivity contribution in [3.05, 3.63) is 46.7 Å². The number of nitrogens with zero attached hydrogens (tertiary/aromatic N) is 2. The van der Waals surface area contributed by atoms with Crippen molar-refractivity contribution in [3.63, 3.8) is 0 Å². The summed E-state index contributed by atoms with van der Waals surface area (Å²) >= 11 is 1.37. The zero-order chi connectivity index (χ0) is 16.4. The zero-order valence-electron chi connectivity index (χ0n) is 12.7. The summed E-state index contributed by atoms with van der Waals surface area (Å²) in [5.74, 6) is -0.350. The fourth-order valence-electron chi connectivity index (χ4n) is 2.34. The van der Waals surface area contributed by atoms with E-state index in [2.05, 4.69) is 10.3 Å². The Hall–Kier alpha value is -1.99. The minimum atomic E-state index is -0.847. The van der Waals surface area contributed by atoms with Crippen LogP contribution in [-0.4, -0.2) is 33.6 Å². The highest BCUT2D eigenvalue weighted by Crippen LogP contribution is 2.30. The number of hydrogen-bond acceptors (Lipinski definition) is 4. The van der Waals surface area contributed by atoms with E-state index in [9.17, 15) is 14.3 Å². The minimum Gasteiger partial charge on any atom is -0.387 e. The van der Waals surface area contributed by atoms with Crippen LogP contribution in [0.2, 0.25) is 0 Å². The minimum absolute atomic E-state index is 0.145. The van der Waals surface area contributed by atoms with Crippen molar-refractivity contribution >= 4 is 22.5 Å². The number of halogens is 1. The molecule has 122 valence electrons. The second-order valence-corrected chi connectivity index (χ2v) is 6.53. The average molecular weight is 335 g/mol. The summed E-state index contributed by atoms with van der Waals surface area (Å²) < 4.78 is 13.0. The van der Waals surface area contributed by atoms with E-state index in [1.807, 2.05) is 12.3 Å². The van der Waals surface area contributed by atoms with Crippen molar-refractivity contribution in [1.82, 2.24) is 9.88 Å². The molecule has 0 bridgehead atoms. The third-order valence-corrected chi connectivity index (χ3v) is 4.58. The summed E-state index contributed by atoms with van der Waals surface area (Å²) in [6, 6.07) is 5.56. The van der Waals surface area contributed by atoms with E-state index < -0.39 is 6.10 Å².